The van der Waals surface area contributed by atoms with E-state index in [1.54, 1.807) is 14.2 Å². The Labute approximate surface area is 116 Å². The Balaban J connectivity index is 2.83. The van der Waals surface area contributed by atoms with Crippen molar-refractivity contribution in [1.29, 1.82) is 0 Å². The number of ether oxygens (including phenoxy) is 2. The average Bonchev–Trinajstić information content (AvgIpc) is 2.40. The lowest BCUT2D eigenvalue weighted by molar-refractivity contribution is 0.182. The van der Waals surface area contributed by atoms with Gasteiger partial charge in [0.25, 0.3) is 0 Å². The summed E-state index contributed by atoms with van der Waals surface area (Å²) in [5.74, 6) is 0.944. The summed E-state index contributed by atoms with van der Waals surface area (Å²) in [6.45, 7) is 5.51. The molecular formula is C15H26N2O2. The fourth-order valence-corrected chi connectivity index (χ4v) is 2.28. The maximum atomic E-state index is 5.57. The van der Waals surface area contributed by atoms with Gasteiger partial charge in [-0.1, -0.05) is 6.07 Å². The van der Waals surface area contributed by atoms with Crippen LogP contribution >= 0.6 is 0 Å². The second-order valence-electron chi connectivity index (χ2n) is 4.82. The number of hydrogen-bond donors (Lipinski definition) is 2. The Morgan fingerprint density at radius 3 is 2.58 bits per heavy atom. The molecule has 4 nitrogen and oxygen atoms in total. The first-order valence-corrected chi connectivity index (χ1v) is 6.73. The minimum absolute atomic E-state index is 0.277. The van der Waals surface area contributed by atoms with Gasteiger partial charge in [0.2, 0.25) is 0 Å². The Morgan fingerprint density at radius 1 is 1.26 bits per heavy atom. The molecule has 108 valence electrons. The van der Waals surface area contributed by atoms with Gasteiger partial charge in [-0.2, -0.15) is 0 Å². The van der Waals surface area contributed by atoms with Gasteiger partial charge in [-0.25, -0.2) is 0 Å². The molecule has 0 spiro atoms. The molecule has 0 aromatic heterocycles. The summed E-state index contributed by atoms with van der Waals surface area (Å²) in [6.07, 6.45) is 1.99. The van der Waals surface area contributed by atoms with E-state index in [9.17, 15) is 0 Å². The molecule has 1 aromatic carbocycles. The van der Waals surface area contributed by atoms with Gasteiger partial charge in [0, 0.05) is 24.4 Å². The molecule has 1 rings (SSSR count). The van der Waals surface area contributed by atoms with E-state index in [0.29, 0.717) is 13.2 Å². The summed E-state index contributed by atoms with van der Waals surface area (Å²) in [4.78, 5) is 0. The minimum Gasteiger partial charge on any atom is -0.496 e. The number of anilines is 1. The number of nitrogens with two attached hydrogens (primary N) is 1. The molecule has 0 bridgehead atoms. The summed E-state index contributed by atoms with van der Waals surface area (Å²) >= 11 is 0. The van der Waals surface area contributed by atoms with Crippen LogP contribution in [0.3, 0.4) is 0 Å². The predicted molar refractivity (Wildman–Crippen MR) is 80.0 cm³/mol. The zero-order valence-corrected chi connectivity index (χ0v) is 12.5. The van der Waals surface area contributed by atoms with E-state index < -0.39 is 0 Å². The Morgan fingerprint density at radius 2 is 2.00 bits per heavy atom. The lowest BCUT2D eigenvalue weighted by Crippen LogP contribution is -2.26. The van der Waals surface area contributed by atoms with Gasteiger partial charge in [-0.3, -0.25) is 0 Å². The maximum Gasteiger partial charge on any atom is 0.126 e. The first-order chi connectivity index (χ1) is 9.13. The topological polar surface area (TPSA) is 56.5 Å². The maximum absolute atomic E-state index is 5.57. The van der Waals surface area contributed by atoms with E-state index in [1.165, 1.54) is 0 Å². The Hall–Kier alpha value is -1.26. The van der Waals surface area contributed by atoms with Crippen LogP contribution in [-0.4, -0.2) is 33.4 Å². The molecule has 0 fully saturated rings. The van der Waals surface area contributed by atoms with Crippen LogP contribution < -0.4 is 15.8 Å². The molecule has 1 atom stereocenters. The molecule has 0 aliphatic rings. The van der Waals surface area contributed by atoms with Crippen LogP contribution in [0.25, 0.3) is 0 Å². The molecule has 0 aliphatic carbocycles. The molecule has 1 aromatic rings. The third-order valence-electron chi connectivity index (χ3n) is 3.29. The van der Waals surface area contributed by atoms with Crippen LogP contribution in [-0.2, 0) is 4.74 Å². The SMILES string of the molecule is COCC(CCCN)Nc1ccc(C)c(OC)c1C. The van der Waals surface area contributed by atoms with Gasteiger partial charge in [0.05, 0.1) is 13.7 Å². The van der Waals surface area contributed by atoms with Crippen molar-refractivity contribution >= 4 is 5.69 Å². The highest BCUT2D eigenvalue weighted by molar-refractivity contribution is 5.60. The van der Waals surface area contributed by atoms with Crippen molar-refractivity contribution in [3.63, 3.8) is 0 Å². The zero-order valence-electron chi connectivity index (χ0n) is 12.5. The van der Waals surface area contributed by atoms with Crippen molar-refractivity contribution in [2.24, 2.45) is 5.73 Å². The normalized spacial score (nSPS) is 12.3. The fraction of sp³-hybridized carbons (Fsp3) is 0.600. The highest BCUT2D eigenvalue weighted by Crippen LogP contribution is 2.29. The van der Waals surface area contributed by atoms with Crippen molar-refractivity contribution in [3.05, 3.63) is 23.3 Å². The van der Waals surface area contributed by atoms with Crippen molar-refractivity contribution in [3.8, 4) is 5.75 Å². The number of rotatable bonds is 8. The van der Waals surface area contributed by atoms with Crippen molar-refractivity contribution in [1.82, 2.24) is 0 Å². The number of methoxy groups -OCH3 is 2. The molecule has 19 heavy (non-hydrogen) atoms. The van der Waals surface area contributed by atoms with Crippen LogP contribution in [0.1, 0.15) is 24.0 Å². The molecule has 0 radical (unpaired) electrons. The number of aryl methyl sites for hydroxylation is 1. The molecule has 0 heterocycles. The minimum atomic E-state index is 0.277. The predicted octanol–water partition coefficient (Wildman–Crippen LogP) is 2.48. The van der Waals surface area contributed by atoms with E-state index in [2.05, 4.69) is 31.3 Å². The van der Waals surface area contributed by atoms with Gasteiger partial charge in [0.1, 0.15) is 5.75 Å². The molecule has 0 aliphatic heterocycles. The van der Waals surface area contributed by atoms with Crippen LogP contribution in [0.4, 0.5) is 5.69 Å². The summed E-state index contributed by atoms with van der Waals surface area (Å²) in [6, 6.07) is 4.44. The van der Waals surface area contributed by atoms with E-state index in [-0.39, 0.29) is 6.04 Å². The zero-order chi connectivity index (χ0) is 14.3. The van der Waals surface area contributed by atoms with Gasteiger partial charge in [-0.05, 0) is 44.9 Å². The van der Waals surface area contributed by atoms with Crippen LogP contribution in [0.5, 0.6) is 5.75 Å². The molecule has 0 amide bonds. The van der Waals surface area contributed by atoms with E-state index in [4.69, 9.17) is 15.2 Å². The second kappa shape index (κ2) is 8.02. The Bertz CT molecular complexity index is 394. The summed E-state index contributed by atoms with van der Waals surface area (Å²) in [5.41, 5.74) is 8.96. The molecule has 0 saturated heterocycles. The molecule has 3 N–H and O–H groups in total. The first kappa shape index (κ1) is 15.8. The van der Waals surface area contributed by atoms with E-state index >= 15 is 0 Å². The molecule has 1 unspecified atom stereocenters. The number of hydrogen-bond acceptors (Lipinski definition) is 4. The van der Waals surface area contributed by atoms with Crippen LogP contribution in [0.15, 0.2) is 12.1 Å². The summed E-state index contributed by atoms with van der Waals surface area (Å²) in [5, 5.41) is 3.52. The van der Waals surface area contributed by atoms with Gasteiger partial charge >= 0.3 is 0 Å². The van der Waals surface area contributed by atoms with Gasteiger partial charge < -0.3 is 20.5 Å². The third kappa shape index (κ3) is 4.40. The van der Waals surface area contributed by atoms with Crippen molar-refractivity contribution in [2.45, 2.75) is 32.7 Å². The van der Waals surface area contributed by atoms with Crippen LogP contribution in [0, 0.1) is 13.8 Å². The summed E-state index contributed by atoms with van der Waals surface area (Å²) in [7, 11) is 3.43. The van der Waals surface area contributed by atoms with E-state index in [1.807, 2.05) is 0 Å². The smallest absolute Gasteiger partial charge is 0.126 e. The first-order valence-electron chi connectivity index (χ1n) is 6.73. The number of benzene rings is 1. The molecule has 4 heteroatoms. The highest BCUT2D eigenvalue weighted by atomic mass is 16.5. The second-order valence-corrected chi connectivity index (χ2v) is 4.82. The van der Waals surface area contributed by atoms with Crippen molar-refractivity contribution < 1.29 is 9.47 Å². The average molecular weight is 266 g/mol. The van der Waals surface area contributed by atoms with Crippen LogP contribution in [0.2, 0.25) is 0 Å². The quantitative estimate of drug-likeness (QED) is 0.759. The largest absolute Gasteiger partial charge is 0.496 e. The fourth-order valence-electron chi connectivity index (χ4n) is 2.28. The molecular weight excluding hydrogens is 240 g/mol. The van der Waals surface area contributed by atoms with Gasteiger partial charge in [-0.15, -0.1) is 0 Å². The van der Waals surface area contributed by atoms with Gasteiger partial charge in [0.15, 0.2) is 0 Å². The Kier molecular flexibility index (Phi) is 6.67. The highest BCUT2D eigenvalue weighted by Gasteiger charge is 2.12. The lowest BCUT2D eigenvalue weighted by Gasteiger charge is -2.22. The monoisotopic (exact) mass is 266 g/mol. The summed E-state index contributed by atoms with van der Waals surface area (Å²) < 4.78 is 10.7. The number of nitrogens with one attached hydrogen (secondary N) is 1. The standard InChI is InChI=1S/C15H26N2O2/c1-11-7-8-14(12(2)15(11)19-4)17-13(10-18-3)6-5-9-16/h7-8,13,17H,5-6,9-10,16H2,1-4H3. The third-order valence-corrected chi connectivity index (χ3v) is 3.29. The van der Waals surface area contributed by atoms with Crippen molar-refractivity contribution in [2.75, 3.05) is 32.7 Å². The van der Waals surface area contributed by atoms with E-state index in [0.717, 1.165) is 35.4 Å². The lowest BCUT2D eigenvalue weighted by atomic mass is 10.1. The molecule has 0 saturated carbocycles.